The molecule has 0 saturated carbocycles. The van der Waals surface area contributed by atoms with Gasteiger partial charge in [-0.1, -0.05) is 77.9 Å². The first-order chi connectivity index (χ1) is 11.2. The van der Waals surface area contributed by atoms with Crippen molar-refractivity contribution in [3.63, 3.8) is 0 Å². The standard InChI is InChI=1S/C21H29BO2/c1-13(2)18-11-12-19(21(15(5)6)20(18)14(3)4)16-7-9-17(10-8-16)22(23)24/h7-15,23-24H,1-6H3. The molecule has 0 spiro atoms. The van der Waals surface area contributed by atoms with Gasteiger partial charge in [0.15, 0.2) is 0 Å². The smallest absolute Gasteiger partial charge is 0.423 e. The van der Waals surface area contributed by atoms with Crippen molar-refractivity contribution in [2.45, 2.75) is 59.3 Å². The normalized spacial score (nSPS) is 11.6. The van der Waals surface area contributed by atoms with Gasteiger partial charge in [0, 0.05) is 0 Å². The van der Waals surface area contributed by atoms with Gasteiger partial charge in [-0.05, 0) is 51.0 Å². The minimum atomic E-state index is -1.42. The van der Waals surface area contributed by atoms with Gasteiger partial charge in [-0.15, -0.1) is 0 Å². The summed E-state index contributed by atoms with van der Waals surface area (Å²) in [5.74, 6) is 1.40. The zero-order chi connectivity index (χ0) is 18.0. The summed E-state index contributed by atoms with van der Waals surface area (Å²) < 4.78 is 0. The van der Waals surface area contributed by atoms with E-state index in [0.717, 1.165) is 5.56 Å². The zero-order valence-corrected chi connectivity index (χ0v) is 15.7. The van der Waals surface area contributed by atoms with Crippen molar-refractivity contribution >= 4 is 12.6 Å². The highest BCUT2D eigenvalue weighted by atomic mass is 16.4. The maximum Gasteiger partial charge on any atom is 0.488 e. The highest BCUT2D eigenvalue weighted by Gasteiger charge is 2.21. The van der Waals surface area contributed by atoms with Crippen LogP contribution in [0.5, 0.6) is 0 Å². The largest absolute Gasteiger partial charge is 0.488 e. The third-order valence-electron chi connectivity index (χ3n) is 4.62. The lowest BCUT2D eigenvalue weighted by atomic mass is 9.77. The van der Waals surface area contributed by atoms with Crippen LogP contribution in [0.1, 0.15) is 76.0 Å². The second-order valence-corrected chi connectivity index (χ2v) is 7.49. The molecule has 0 unspecified atom stereocenters. The molecule has 0 heterocycles. The minimum absolute atomic E-state index is 0.430. The summed E-state index contributed by atoms with van der Waals surface area (Å²) in [5, 5.41) is 18.6. The molecule has 24 heavy (non-hydrogen) atoms. The Bertz CT molecular complexity index is 686. The van der Waals surface area contributed by atoms with E-state index >= 15 is 0 Å². The van der Waals surface area contributed by atoms with Crippen LogP contribution >= 0.6 is 0 Å². The molecular formula is C21H29BO2. The van der Waals surface area contributed by atoms with Crippen LogP contribution in [0.25, 0.3) is 11.1 Å². The third-order valence-corrected chi connectivity index (χ3v) is 4.62. The van der Waals surface area contributed by atoms with Gasteiger partial charge in [0.1, 0.15) is 0 Å². The van der Waals surface area contributed by atoms with Gasteiger partial charge in [0.25, 0.3) is 0 Å². The summed E-state index contributed by atoms with van der Waals surface area (Å²) in [6.07, 6.45) is 0. The Balaban J connectivity index is 2.68. The van der Waals surface area contributed by atoms with Crippen molar-refractivity contribution in [3.8, 4) is 11.1 Å². The van der Waals surface area contributed by atoms with Crippen molar-refractivity contribution in [3.05, 3.63) is 53.1 Å². The summed E-state index contributed by atoms with van der Waals surface area (Å²) in [6.45, 7) is 13.5. The van der Waals surface area contributed by atoms with E-state index in [0.29, 0.717) is 23.2 Å². The van der Waals surface area contributed by atoms with Crippen molar-refractivity contribution in [2.24, 2.45) is 0 Å². The lowest BCUT2D eigenvalue weighted by Gasteiger charge is -2.26. The maximum absolute atomic E-state index is 9.30. The lowest BCUT2D eigenvalue weighted by Crippen LogP contribution is -2.29. The predicted molar refractivity (Wildman–Crippen MR) is 104 cm³/mol. The second kappa shape index (κ2) is 7.54. The van der Waals surface area contributed by atoms with E-state index in [4.69, 9.17) is 0 Å². The van der Waals surface area contributed by atoms with Gasteiger partial charge in [-0.2, -0.15) is 0 Å². The molecule has 0 saturated heterocycles. The molecule has 0 fully saturated rings. The number of rotatable bonds is 5. The minimum Gasteiger partial charge on any atom is -0.423 e. The summed E-state index contributed by atoms with van der Waals surface area (Å²) in [6, 6.07) is 12.0. The van der Waals surface area contributed by atoms with Crippen LogP contribution in [0.3, 0.4) is 0 Å². The van der Waals surface area contributed by atoms with Gasteiger partial charge in [-0.3, -0.25) is 0 Å². The van der Waals surface area contributed by atoms with Crippen LogP contribution < -0.4 is 5.46 Å². The van der Waals surface area contributed by atoms with Crippen LogP contribution in [0.4, 0.5) is 0 Å². The second-order valence-electron chi connectivity index (χ2n) is 7.49. The van der Waals surface area contributed by atoms with Crippen LogP contribution in [0.2, 0.25) is 0 Å². The molecule has 0 amide bonds. The number of hydrogen-bond donors (Lipinski definition) is 2. The summed E-state index contributed by atoms with van der Waals surface area (Å²) in [4.78, 5) is 0. The van der Waals surface area contributed by atoms with Gasteiger partial charge in [0.2, 0.25) is 0 Å². The van der Waals surface area contributed by atoms with E-state index in [9.17, 15) is 10.0 Å². The average molecular weight is 324 g/mol. The SMILES string of the molecule is CC(C)c1ccc(-c2ccc(B(O)O)cc2)c(C(C)C)c1C(C)C. The number of benzene rings is 2. The Morgan fingerprint density at radius 2 is 1.21 bits per heavy atom. The molecule has 3 heteroatoms. The molecule has 2 aromatic rings. The van der Waals surface area contributed by atoms with Crippen molar-refractivity contribution in [2.75, 3.05) is 0 Å². The van der Waals surface area contributed by atoms with E-state index in [-0.39, 0.29) is 0 Å². The molecule has 0 radical (unpaired) electrons. The Morgan fingerprint density at radius 3 is 1.62 bits per heavy atom. The lowest BCUT2D eigenvalue weighted by molar-refractivity contribution is 0.426. The summed E-state index contributed by atoms with van der Waals surface area (Å²) in [5.41, 5.74) is 7.20. The molecular weight excluding hydrogens is 295 g/mol. The third kappa shape index (κ3) is 3.74. The molecule has 128 valence electrons. The van der Waals surface area contributed by atoms with Crippen molar-refractivity contribution in [1.29, 1.82) is 0 Å². The molecule has 2 N–H and O–H groups in total. The molecule has 0 atom stereocenters. The van der Waals surface area contributed by atoms with E-state index in [2.05, 4.69) is 53.7 Å². The first-order valence-corrected chi connectivity index (χ1v) is 8.87. The first-order valence-electron chi connectivity index (χ1n) is 8.87. The molecule has 2 aromatic carbocycles. The molecule has 0 aliphatic rings. The van der Waals surface area contributed by atoms with Gasteiger partial charge < -0.3 is 10.0 Å². The fraction of sp³-hybridized carbons (Fsp3) is 0.429. The Kier molecular flexibility index (Phi) is 5.90. The molecule has 0 aliphatic carbocycles. The molecule has 2 nitrogen and oxygen atoms in total. The monoisotopic (exact) mass is 324 g/mol. The Morgan fingerprint density at radius 1 is 0.667 bits per heavy atom. The predicted octanol–water partition coefficient (Wildman–Crippen LogP) is 4.40. The zero-order valence-electron chi connectivity index (χ0n) is 15.7. The average Bonchev–Trinajstić information content (AvgIpc) is 2.53. The van der Waals surface area contributed by atoms with Crippen molar-refractivity contribution in [1.82, 2.24) is 0 Å². The van der Waals surface area contributed by atoms with Gasteiger partial charge >= 0.3 is 7.12 Å². The van der Waals surface area contributed by atoms with Crippen LogP contribution in [-0.4, -0.2) is 17.2 Å². The molecule has 0 bridgehead atoms. The fourth-order valence-corrected chi connectivity index (χ4v) is 3.51. The fourth-order valence-electron chi connectivity index (χ4n) is 3.51. The summed E-state index contributed by atoms with van der Waals surface area (Å²) in [7, 11) is -1.42. The Labute approximate surface area is 146 Å². The summed E-state index contributed by atoms with van der Waals surface area (Å²) >= 11 is 0. The number of hydrogen-bond acceptors (Lipinski definition) is 2. The van der Waals surface area contributed by atoms with E-state index in [1.54, 1.807) is 12.1 Å². The highest BCUT2D eigenvalue weighted by molar-refractivity contribution is 6.58. The van der Waals surface area contributed by atoms with Crippen LogP contribution in [0.15, 0.2) is 36.4 Å². The van der Waals surface area contributed by atoms with E-state index in [1.165, 1.54) is 22.3 Å². The topological polar surface area (TPSA) is 40.5 Å². The van der Waals surface area contributed by atoms with Gasteiger partial charge in [0.05, 0.1) is 0 Å². The molecule has 0 aromatic heterocycles. The quantitative estimate of drug-likeness (QED) is 0.800. The van der Waals surface area contributed by atoms with Crippen LogP contribution in [-0.2, 0) is 0 Å². The van der Waals surface area contributed by atoms with Gasteiger partial charge in [-0.25, -0.2) is 0 Å². The van der Waals surface area contributed by atoms with E-state index < -0.39 is 7.12 Å². The highest BCUT2D eigenvalue weighted by Crippen LogP contribution is 2.39. The maximum atomic E-state index is 9.30. The molecule has 0 aliphatic heterocycles. The molecule has 2 rings (SSSR count). The van der Waals surface area contributed by atoms with Crippen LogP contribution in [0, 0.1) is 0 Å². The first kappa shape index (κ1) is 18.8. The Hall–Kier alpha value is -1.58. The van der Waals surface area contributed by atoms with Crippen molar-refractivity contribution < 1.29 is 10.0 Å². The van der Waals surface area contributed by atoms with E-state index in [1.807, 2.05) is 12.1 Å².